The van der Waals surface area contributed by atoms with E-state index < -0.39 is 5.97 Å². The van der Waals surface area contributed by atoms with Crippen LogP contribution in [0, 0.1) is 6.92 Å². The van der Waals surface area contributed by atoms with E-state index >= 15 is 0 Å². The van der Waals surface area contributed by atoms with E-state index in [0.29, 0.717) is 26.0 Å². The third-order valence-electron chi connectivity index (χ3n) is 2.52. The average Bonchev–Trinajstić information content (AvgIpc) is 2.34. The lowest BCUT2D eigenvalue weighted by atomic mass is 10.1. The second-order valence-electron chi connectivity index (χ2n) is 3.69. The molecule has 2 aromatic rings. The Hall–Kier alpha value is -1.03. The maximum absolute atomic E-state index is 11.5. The molecule has 0 N–H and O–H groups in total. The number of hydrogen-bond donors (Lipinski definition) is 0. The minimum absolute atomic E-state index is 0.183. The molecule has 0 aliphatic carbocycles. The quantitative estimate of drug-likeness (QED) is 0.583. The van der Waals surface area contributed by atoms with Gasteiger partial charge in [-0.05, 0) is 24.6 Å². The van der Waals surface area contributed by atoms with E-state index in [9.17, 15) is 4.79 Å². The van der Waals surface area contributed by atoms with Crippen molar-refractivity contribution in [2.24, 2.45) is 0 Å². The number of rotatable bonds is 1. The van der Waals surface area contributed by atoms with Crippen LogP contribution < -0.4 is 0 Å². The van der Waals surface area contributed by atoms with Crippen molar-refractivity contribution in [3.8, 4) is 0 Å². The first-order valence-corrected chi connectivity index (χ1v) is 6.12. The van der Waals surface area contributed by atoms with Gasteiger partial charge in [0.15, 0.2) is 0 Å². The molecule has 94 valence electrons. The summed E-state index contributed by atoms with van der Waals surface area (Å²) in [6.45, 7) is 1.80. The normalized spacial score (nSPS) is 10.7. The Bertz CT molecular complexity index is 656. The molecule has 1 heterocycles. The molecule has 0 saturated carbocycles. The average molecular weight is 305 g/mol. The monoisotopic (exact) mass is 303 g/mol. The summed E-state index contributed by atoms with van der Waals surface area (Å²) in [7, 11) is 1.29. The summed E-state index contributed by atoms with van der Waals surface area (Å²) in [5.41, 5.74) is 1.38. The fourth-order valence-corrected chi connectivity index (χ4v) is 2.49. The maximum atomic E-state index is 11.5. The van der Waals surface area contributed by atoms with Crippen molar-refractivity contribution in [2.75, 3.05) is 7.11 Å². The van der Waals surface area contributed by atoms with Gasteiger partial charge in [-0.3, -0.25) is 0 Å². The Morgan fingerprint density at radius 2 is 1.89 bits per heavy atom. The number of methoxy groups -OCH3 is 1. The third kappa shape index (κ3) is 2.14. The summed E-state index contributed by atoms with van der Waals surface area (Å²) >= 11 is 18.1. The van der Waals surface area contributed by atoms with E-state index in [1.807, 2.05) is 0 Å². The number of ether oxygens (including phenoxy) is 1. The first kappa shape index (κ1) is 13.4. The Kier molecular flexibility index (Phi) is 3.66. The van der Waals surface area contributed by atoms with Gasteiger partial charge in [-0.2, -0.15) is 0 Å². The van der Waals surface area contributed by atoms with Crippen LogP contribution in [0.3, 0.4) is 0 Å². The van der Waals surface area contributed by atoms with Gasteiger partial charge in [0.05, 0.1) is 27.7 Å². The zero-order valence-electron chi connectivity index (χ0n) is 9.55. The lowest BCUT2D eigenvalue weighted by molar-refractivity contribution is 0.0594. The van der Waals surface area contributed by atoms with E-state index in [-0.39, 0.29) is 5.69 Å². The molecule has 0 radical (unpaired) electrons. The van der Waals surface area contributed by atoms with Crippen LogP contribution in [0.2, 0.25) is 15.1 Å². The largest absolute Gasteiger partial charge is 0.464 e. The summed E-state index contributed by atoms with van der Waals surface area (Å²) in [6, 6.07) is 3.09. The van der Waals surface area contributed by atoms with E-state index in [2.05, 4.69) is 9.72 Å². The molecule has 1 aromatic carbocycles. The fourth-order valence-electron chi connectivity index (χ4n) is 1.69. The third-order valence-corrected chi connectivity index (χ3v) is 3.60. The van der Waals surface area contributed by atoms with Crippen LogP contribution in [0.1, 0.15) is 16.1 Å². The number of aromatic nitrogens is 1. The first-order valence-electron chi connectivity index (χ1n) is 4.99. The van der Waals surface area contributed by atoms with Gasteiger partial charge in [0.25, 0.3) is 0 Å². The predicted octanol–water partition coefficient (Wildman–Crippen LogP) is 4.29. The Morgan fingerprint density at radius 1 is 1.22 bits per heavy atom. The van der Waals surface area contributed by atoms with E-state index in [1.54, 1.807) is 13.0 Å². The summed E-state index contributed by atoms with van der Waals surface area (Å²) in [5, 5.41) is 1.71. The molecular weight excluding hydrogens is 296 g/mol. The van der Waals surface area contributed by atoms with E-state index in [4.69, 9.17) is 34.8 Å². The minimum atomic E-state index is -0.526. The molecule has 0 fully saturated rings. The smallest absolute Gasteiger partial charge is 0.356 e. The van der Waals surface area contributed by atoms with Crippen LogP contribution in [-0.2, 0) is 4.74 Å². The molecule has 0 saturated heterocycles. The van der Waals surface area contributed by atoms with Crippen molar-refractivity contribution in [2.45, 2.75) is 6.92 Å². The van der Waals surface area contributed by atoms with Crippen molar-refractivity contribution in [1.29, 1.82) is 0 Å². The molecule has 2 rings (SSSR count). The highest BCUT2D eigenvalue weighted by atomic mass is 35.5. The molecule has 0 spiro atoms. The van der Waals surface area contributed by atoms with Crippen molar-refractivity contribution in [3.05, 3.63) is 38.5 Å². The summed E-state index contributed by atoms with van der Waals surface area (Å²) in [6.07, 6.45) is 0. The highest BCUT2D eigenvalue weighted by molar-refractivity contribution is 6.47. The molecule has 18 heavy (non-hydrogen) atoms. The number of nitrogens with zero attached hydrogens (tertiary/aromatic N) is 1. The lowest BCUT2D eigenvalue weighted by Gasteiger charge is -2.09. The first-order chi connectivity index (χ1) is 8.45. The second kappa shape index (κ2) is 4.92. The van der Waals surface area contributed by atoms with E-state index in [0.717, 1.165) is 5.56 Å². The van der Waals surface area contributed by atoms with Gasteiger partial charge < -0.3 is 4.74 Å². The zero-order chi connectivity index (χ0) is 13.4. The molecule has 0 unspecified atom stereocenters. The number of carbonyl (C=O) groups is 1. The Balaban J connectivity index is 2.86. The number of aryl methyl sites for hydroxylation is 1. The number of benzene rings is 1. The lowest BCUT2D eigenvalue weighted by Crippen LogP contribution is -2.05. The number of carbonyl (C=O) groups excluding carboxylic acids is 1. The SMILES string of the molecule is COC(=O)c1cc(C)c2c(Cl)c(Cl)cc(Cl)c2n1. The Morgan fingerprint density at radius 3 is 2.50 bits per heavy atom. The molecule has 6 heteroatoms. The molecular formula is C12H8Cl3NO2. The van der Waals surface area contributed by atoms with Gasteiger partial charge in [0.1, 0.15) is 5.69 Å². The van der Waals surface area contributed by atoms with Crippen LogP contribution in [-0.4, -0.2) is 18.1 Å². The molecule has 0 aliphatic rings. The van der Waals surface area contributed by atoms with Crippen molar-refractivity contribution < 1.29 is 9.53 Å². The van der Waals surface area contributed by atoms with Crippen LogP contribution in [0.5, 0.6) is 0 Å². The minimum Gasteiger partial charge on any atom is -0.464 e. The molecule has 0 amide bonds. The highest BCUT2D eigenvalue weighted by Gasteiger charge is 2.16. The van der Waals surface area contributed by atoms with Gasteiger partial charge in [-0.1, -0.05) is 34.8 Å². The summed E-state index contributed by atoms with van der Waals surface area (Å²) in [4.78, 5) is 15.6. The Labute approximate surface area is 119 Å². The topological polar surface area (TPSA) is 39.2 Å². The predicted molar refractivity (Wildman–Crippen MR) is 72.8 cm³/mol. The number of esters is 1. The maximum Gasteiger partial charge on any atom is 0.356 e. The molecule has 0 bridgehead atoms. The standard InChI is InChI=1S/C12H8Cl3NO2/c1-5-3-8(12(17)18-2)16-11-7(14)4-6(13)10(15)9(5)11/h3-4H,1-2H3. The van der Waals surface area contributed by atoms with Crippen LogP contribution in [0.25, 0.3) is 10.9 Å². The van der Waals surface area contributed by atoms with Crippen LogP contribution in [0.4, 0.5) is 0 Å². The van der Waals surface area contributed by atoms with E-state index in [1.165, 1.54) is 13.2 Å². The van der Waals surface area contributed by atoms with Gasteiger partial charge in [0.2, 0.25) is 0 Å². The highest BCUT2D eigenvalue weighted by Crippen LogP contribution is 2.36. The summed E-state index contributed by atoms with van der Waals surface area (Å²) in [5.74, 6) is -0.526. The number of pyridine rings is 1. The number of hydrogen-bond acceptors (Lipinski definition) is 3. The zero-order valence-corrected chi connectivity index (χ0v) is 11.8. The van der Waals surface area contributed by atoms with Crippen LogP contribution >= 0.6 is 34.8 Å². The molecule has 3 nitrogen and oxygen atoms in total. The molecule has 0 aliphatic heterocycles. The van der Waals surface area contributed by atoms with Gasteiger partial charge in [-0.15, -0.1) is 0 Å². The van der Waals surface area contributed by atoms with Crippen molar-refractivity contribution in [3.63, 3.8) is 0 Å². The van der Waals surface area contributed by atoms with Gasteiger partial charge in [0, 0.05) is 5.39 Å². The van der Waals surface area contributed by atoms with Crippen molar-refractivity contribution >= 4 is 51.7 Å². The number of fused-ring (bicyclic) bond motifs is 1. The van der Waals surface area contributed by atoms with Crippen molar-refractivity contribution in [1.82, 2.24) is 4.98 Å². The van der Waals surface area contributed by atoms with Gasteiger partial charge >= 0.3 is 5.97 Å². The second-order valence-corrected chi connectivity index (χ2v) is 4.89. The summed E-state index contributed by atoms with van der Waals surface area (Å²) < 4.78 is 4.63. The van der Waals surface area contributed by atoms with Gasteiger partial charge in [-0.25, -0.2) is 9.78 Å². The molecule has 1 aromatic heterocycles. The fraction of sp³-hybridized carbons (Fsp3) is 0.167. The molecule has 0 atom stereocenters. The van der Waals surface area contributed by atoms with Crippen LogP contribution in [0.15, 0.2) is 12.1 Å². The number of halogens is 3.